The molecule has 0 radical (unpaired) electrons. The van der Waals surface area contributed by atoms with Crippen LogP contribution in [0.15, 0.2) is 60.9 Å². The summed E-state index contributed by atoms with van der Waals surface area (Å²) in [7, 11) is -4.71. The molecule has 2 N–H and O–H groups in total. The molecule has 0 spiro atoms. The van der Waals surface area contributed by atoms with Gasteiger partial charge in [0, 0.05) is 6.61 Å². The van der Waals surface area contributed by atoms with Crippen molar-refractivity contribution < 1.29 is 46.2 Å². The van der Waals surface area contributed by atoms with Gasteiger partial charge in [-0.15, -0.1) is 0 Å². The average molecular weight is 939 g/mol. The van der Waals surface area contributed by atoms with Gasteiger partial charge in [0.05, 0.1) is 42.2 Å². The third kappa shape index (κ3) is 13.9. The average Bonchev–Trinajstić information content (AvgIpc) is 3.95. The van der Waals surface area contributed by atoms with Crippen LogP contribution in [0.2, 0.25) is 5.02 Å². The largest absolute Gasteiger partial charge is 0.530 e. The molecule has 352 valence electrons. The number of halogens is 2. The summed E-state index contributed by atoms with van der Waals surface area (Å²) in [5, 5.41) is 24.7. The molecule has 2 aromatic carbocycles. The number of hydrogen-bond acceptors (Lipinski definition) is 14. The highest BCUT2D eigenvalue weighted by Gasteiger charge is 2.65. The summed E-state index contributed by atoms with van der Waals surface area (Å²) in [5.41, 5.74) is 5.77. The van der Waals surface area contributed by atoms with E-state index in [1.165, 1.54) is 88.7 Å². The van der Waals surface area contributed by atoms with E-state index in [4.69, 9.17) is 54.6 Å². The summed E-state index contributed by atoms with van der Waals surface area (Å²) in [4.78, 5) is 4.06. The van der Waals surface area contributed by atoms with Gasteiger partial charge in [0.25, 0.3) is 0 Å². The Morgan fingerprint density at radius 2 is 1.63 bits per heavy atom. The summed E-state index contributed by atoms with van der Waals surface area (Å²) in [6, 6.07) is 17.9. The second-order valence-electron chi connectivity index (χ2n) is 17.0. The van der Waals surface area contributed by atoms with E-state index < -0.39 is 56.1 Å². The zero-order valence-corrected chi connectivity index (χ0v) is 39.2. The van der Waals surface area contributed by atoms with Crippen LogP contribution in [0, 0.1) is 28.5 Å². The number of phosphoric acid groups is 1. The van der Waals surface area contributed by atoms with Crippen molar-refractivity contribution in [3.63, 3.8) is 0 Å². The molecular weight excluding hydrogens is 878 g/mol. The number of rotatable bonds is 28. The highest BCUT2D eigenvalue weighted by Crippen LogP contribution is 2.55. The van der Waals surface area contributed by atoms with Crippen LogP contribution in [0.5, 0.6) is 5.75 Å². The van der Waals surface area contributed by atoms with E-state index in [2.05, 4.69) is 23.1 Å². The molecule has 18 heteroatoms. The van der Waals surface area contributed by atoms with Gasteiger partial charge in [-0.3, -0.25) is 9.05 Å². The number of anilines is 1. The number of ether oxygens (including phenoxy) is 5. The molecule has 2 aromatic heterocycles. The quantitative estimate of drug-likeness (QED) is 0.0417. The molecule has 6 rings (SSSR count). The van der Waals surface area contributed by atoms with E-state index in [0.717, 1.165) is 25.3 Å². The van der Waals surface area contributed by atoms with Crippen LogP contribution in [0.4, 0.5) is 10.2 Å². The molecule has 6 atom stereocenters. The predicted octanol–water partition coefficient (Wildman–Crippen LogP) is 10.7. The first-order valence-electron chi connectivity index (χ1n) is 22.6. The van der Waals surface area contributed by atoms with Gasteiger partial charge < -0.3 is 33.9 Å². The maximum absolute atomic E-state index is 14.8. The van der Waals surface area contributed by atoms with Crippen molar-refractivity contribution in [2.24, 2.45) is 0 Å². The molecule has 0 aliphatic carbocycles. The zero-order valence-electron chi connectivity index (χ0n) is 37.5. The van der Waals surface area contributed by atoms with Gasteiger partial charge in [-0.25, -0.2) is 18.5 Å². The number of unbranched alkanes of at least 4 members (excludes halogenated alkanes) is 12. The minimum Gasteiger partial charge on any atom is -0.402 e. The minimum absolute atomic E-state index is 0.00923. The predicted molar refractivity (Wildman–Crippen MR) is 241 cm³/mol. The molecular formula is C47H61ClFN6O9P. The number of hydrogen-bond donors (Lipinski definition) is 1. The van der Waals surface area contributed by atoms with Crippen LogP contribution in [0.1, 0.15) is 127 Å². The summed E-state index contributed by atoms with van der Waals surface area (Å²) in [6.07, 6.45) is 13.5. The Bertz CT molecular complexity index is 2290. The van der Waals surface area contributed by atoms with Crippen LogP contribution in [0.3, 0.4) is 0 Å². The molecule has 4 aromatic rings. The van der Waals surface area contributed by atoms with Gasteiger partial charge in [-0.1, -0.05) is 108 Å². The number of nitrogens with two attached hydrogens (primary N) is 1. The monoisotopic (exact) mass is 938 g/mol. The first kappa shape index (κ1) is 50.2. The fraction of sp³-hybridized carbons (Fsp3) is 0.574. The maximum atomic E-state index is 14.8. The molecule has 2 saturated heterocycles. The van der Waals surface area contributed by atoms with Gasteiger partial charge in [-0.2, -0.15) is 15.6 Å². The second kappa shape index (κ2) is 24.0. The van der Waals surface area contributed by atoms with Gasteiger partial charge >= 0.3 is 7.82 Å². The lowest BCUT2D eigenvalue weighted by molar-refractivity contribution is -0.204. The van der Waals surface area contributed by atoms with Crippen LogP contribution in [0.25, 0.3) is 5.52 Å². The van der Waals surface area contributed by atoms with Crippen molar-refractivity contribution in [3.8, 4) is 17.9 Å². The van der Waals surface area contributed by atoms with E-state index in [1.54, 1.807) is 48.7 Å². The normalized spacial score (nSPS) is 21.4. The van der Waals surface area contributed by atoms with Crippen LogP contribution in [-0.2, 0) is 43.9 Å². The Balaban J connectivity index is 1.12. The fourth-order valence-electron chi connectivity index (χ4n) is 8.06. The van der Waals surface area contributed by atoms with Crippen LogP contribution in [-0.4, -0.2) is 70.7 Å². The highest BCUT2D eigenvalue weighted by atomic mass is 35.5. The number of nitrogen functional groups attached to an aromatic ring is 1. The zero-order chi connectivity index (χ0) is 46.3. The van der Waals surface area contributed by atoms with Crippen molar-refractivity contribution in [2.75, 3.05) is 32.2 Å². The fourth-order valence-corrected chi connectivity index (χ4v) is 9.57. The van der Waals surface area contributed by atoms with Gasteiger partial charge in [0.1, 0.15) is 60.5 Å². The van der Waals surface area contributed by atoms with Crippen molar-refractivity contribution in [2.45, 2.75) is 147 Å². The van der Waals surface area contributed by atoms with E-state index in [-0.39, 0.29) is 42.0 Å². The number of nitriles is 2. The molecule has 2 fully saturated rings. The van der Waals surface area contributed by atoms with E-state index >= 15 is 0 Å². The maximum Gasteiger partial charge on any atom is 0.530 e. The van der Waals surface area contributed by atoms with Gasteiger partial charge in [-0.05, 0) is 68.3 Å². The lowest BCUT2D eigenvalue weighted by Gasteiger charge is -2.30. The van der Waals surface area contributed by atoms with Crippen molar-refractivity contribution in [1.82, 2.24) is 14.6 Å². The van der Waals surface area contributed by atoms with E-state index in [1.807, 2.05) is 6.07 Å². The molecule has 65 heavy (non-hydrogen) atoms. The van der Waals surface area contributed by atoms with Crippen molar-refractivity contribution >= 4 is 30.8 Å². The number of para-hydroxylation sites is 1. The third-order valence-electron chi connectivity index (χ3n) is 11.4. The van der Waals surface area contributed by atoms with E-state index in [9.17, 15) is 19.5 Å². The van der Waals surface area contributed by atoms with Gasteiger partial charge in [0.2, 0.25) is 5.60 Å². The van der Waals surface area contributed by atoms with Gasteiger partial charge in [0.15, 0.2) is 11.6 Å². The SMILES string of the molecule is CCCCCCCCCCCCCCCOC[C@H](COP(=O)(OC[C@@]1(C#N)O[C@@H](c2ccc3c(N)ncnn23)[C@@H]2OC(C)(C)O[C@@H]21)Oc1ccccc1Cl)OCc1cc(F)cc(C#N)c1. The molecule has 2 aliphatic heterocycles. The first-order valence-corrected chi connectivity index (χ1v) is 24.5. The lowest BCUT2D eigenvalue weighted by atomic mass is 9.96. The molecule has 0 amide bonds. The number of phosphoric ester groups is 1. The summed E-state index contributed by atoms with van der Waals surface area (Å²) in [5.74, 6) is -1.50. The standard InChI is InChI=1S/C47H61ClFN6O9P/c1-4-5-6-7-8-9-10-11-12-13-14-15-18-23-57-29-37(58-28-35-24-34(27-50)25-36(49)26-35)30-59-65(56,64-41-20-17-16-19-38(41)48)60-32-47(31-51)44-43(61-46(2,3)63-44)42(62-47)39-21-22-40-45(52)53-33-54-55(39)40/h16-17,19-22,24-26,33,37,42-44H,4-15,18,23,28-30,32H2,1-3H3,(H2,52,53,54)/t37-,42+,43+,44+,47-,65?/m1/s1. The third-order valence-corrected chi connectivity index (χ3v) is 13.0. The topological polar surface area (TPSA) is 195 Å². The molecule has 0 bridgehead atoms. The highest BCUT2D eigenvalue weighted by molar-refractivity contribution is 7.49. The van der Waals surface area contributed by atoms with E-state index in [0.29, 0.717) is 23.4 Å². The van der Waals surface area contributed by atoms with Crippen LogP contribution < -0.4 is 10.3 Å². The van der Waals surface area contributed by atoms with Crippen LogP contribution >= 0.6 is 19.4 Å². The summed E-state index contributed by atoms with van der Waals surface area (Å²) in [6.45, 7) is 4.95. The van der Waals surface area contributed by atoms with Crippen molar-refractivity contribution in [1.29, 1.82) is 10.5 Å². The number of aromatic nitrogens is 3. The molecule has 0 saturated carbocycles. The Labute approximate surface area is 386 Å². The smallest absolute Gasteiger partial charge is 0.402 e. The summed E-state index contributed by atoms with van der Waals surface area (Å²) >= 11 is 6.46. The number of benzene rings is 2. The summed E-state index contributed by atoms with van der Waals surface area (Å²) < 4.78 is 80.0. The lowest BCUT2D eigenvalue weighted by Crippen LogP contribution is -2.46. The molecule has 15 nitrogen and oxygen atoms in total. The Morgan fingerprint density at radius 3 is 2.32 bits per heavy atom. The first-order chi connectivity index (χ1) is 31.4. The molecule has 4 heterocycles. The van der Waals surface area contributed by atoms with Crippen molar-refractivity contribution in [3.05, 3.63) is 88.6 Å². The molecule has 1 unspecified atom stereocenters. The number of fused-ring (bicyclic) bond motifs is 2. The second-order valence-corrected chi connectivity index (χ2v) is 19.0. The Kier molecular flexibility index (Phi) is 18.6. The number of nitrogens with zero attached hydrogens (tertiary/aromatic N) is 5. The minimum atomic E-state index is -4.71. The Morgan fingerprint density at radius 1 is 0.923 bits per heavy atom. The Hall–Kier alpha value is -4.19. The molecule has 2 aliphatic rings.